The monoisotopic (exact) mass is 218 g/mol. The highest BCUT2D eigenvalue weighted by Gasteiger charge is 2.06. The van der Waals surface area contributed by atoms with Crippen LogP contribution in [0.2, 0.25) is 0 Å². The number of rotatable bonds is 3. The first kappa shape index (κ1) is 10.4. The number of hydrogen-bond acceptors (Lipinski definition) is 4. The van der Waals surface area contributed by atoms with Crippen molar-refractivity contribution < 1.29 is 14.3 Å². The Morgan fingerprint density at radius 1 is 1.56 bits per heavy atom. The Bertz CT molecular complexity index is 557. The molecule has 3 N–H and O–H groups in total. The second-order valence-electron chi connectivity index (χ2n) is 3.18. The number of aliphatic carboxylic acids is 1. The van der Waals surface area contributed by atoms with E-state index in [1.54, 1.807) is 18.2 Å². The molecule has 0 bridgehead atoms. The molecule has 2 aromatic rings. The summed E-state index contributed by atoms with van der Waals surface area (Å²) in [5.74, 6) is -0.564. The van der Waals surface area contributed by atoms with Gasteiger partial charge in [0.15, 0.2) is 5.58 Å². The zero-order chi connectivity index (χ0) is 11.5. The van der Waals surface area contributed by atoms with Crippen LogP contribution >= 0.6 is 0 Å². The number of carbonyl (C=O) groups is 1. The SMILES string of the molecule is NCc1nc2c(/C=C/C(=O)O)cccc2o1. The maximum Gasteiger partial charge on any atom is 0.328 e. The third-order valence-corrected chi connectivity index (χ3v) is 2.07. The Hall–Kier alpha value is -2.14. The zero-order valence-electron chi connectivity index (χ0n) is 8.38. The van der Waals surface area contributed by atoms with E-state index < -0.39 is 5.97 Å². The molecule has 5 heteroatoms. The smallest absolute Gasteiger partial charge is 0.328 e. The molecule has 1 heterocycles. The number of aromatic nitrogens is 1. The average Bonchev–Trinajstić information content (AvgIpc) is 2.69. The molecular formula is C11H10N2O3. The van der Waals surface area contributed by atoms with Crippen LogP contribution in [0.5, 0.6) is 0 Å². The van der Waals surface area contributed by atoms with Crippen molar-refractivity contribution in [3.05, 3.63) is 35.7 Å². The first-order valence-electron chi connectivity index (χ1n) is 4.70. The molecule has 5 nitrogen and oxygen atoms in total. The largest absolute Gasteiger partial charge is 0.478 e. The second kappa shape index (κ2) is 4.16. The fourth-order valence-corrected chi connectivity index (χ4v) is 1.40. The summed E-state index contributed by atoms with van der Waals surface area (Å²) in [6, 6.07) is 5.31. The number of oxazole rings is 1. The molecule has 82 valence electrons. The van der Waals surface area contributed by atoms with Crippen LogP contribution in [0.15, 0.2) is 28.7 Å². The van der Waals surface area contributed by atoms with Gasteiger partial charge in [-0.3, -0.25) is 0 Å². The fourth-order valence-electron chi connectivity index (χ4n) is 1.40. The van der Waals surface area contributed by atoms with Gasteiger partial charge in [-0.1, -0.05) is 12.1 Å². The van der Waals surface area contributed by atoms with Crippen molar-refractivity contribution in [1.82, 2.24) is 4.98 Å². The molecule has 0 saturated heterocycles. The molecule has 0 spiro atoms. The number of nitrogens with two attached hydrogens (primary N) is 1. The lowest BCUT2D eigenvalue weighted by Gasteiger charge is -1.92. The summed E-state index contributed by atoms with van der Waals surface area (Å²) in [4.78, 5) is 14.6. The molecule has 1 aromatic heterocycles. The highest BCUT2D eigenvalue weighted by atomic mass is 16.4. The van der Waals surface area contributed by atoms with E-state index in [4.69, 9.17) is 15.3 Å². The van der Waals surface area contributed by atoms with Crippen molar-refractivity contribution in [1.29, 1.82) is 0 Å². The average molecular weight is 218 g/mol. The molecule has 0 aliphatic rings. The number of hydrogen-bond donors (Lipinski definition) is 2. The highest BCUT2D eigenvalue weighted by molar-refractivity contribution is 5.90. The molecule has 2 rings (SSSR count). The van der Waals surface area contributed by atoms with Gasteiger partial charge in [0.1, 0.15) is 5.52 Å². The van der Waals surface area contributed by atoms with Gasteiger partial charge in [-0.15, -0.1) is 0 Å². The molecule has 0 unspecified atom stereocenters. The van der Waals surface area contributed by atoms with Gasteiger partial charge >= 0.3 is 5.97 Å². The summed E-state index contributed by atoms with van der Waals surface area (Å²) in [5, 5.41) is 8.55. The summed E-state index contributed by atoms with van der Waals surface area (Å²) < 4.78 is 5.35. The first-order chi connectivity index (χ1) is 7.70. The van der Waals surface area contributed by atoms with Crippen LogP contribution in [-0.2, 0) is 11.3 Å². The predicted octanol–water partition coefficient (Wildman–Crippen LogP) is 1.38. The number of carboxylic acid groups (broad SMARTS) is 1. The van der Waals surface area contributed by atoms with Crippen LogP contribution in [0, 0.1) is 0 Å². The summed E-state index contributed by atoms with van der Waals surface area (Å²) in [5.41, 5.74) is 7.35. The topological polar surface area (TPSA) is 89.3 Å². The van der Waals surface area contributed by atoms with E-state index in [1.165, 1.54) is 6.08 Å². The van der Waals surface area contributed by atoms with Crippen molar-refractivity contribution in [3.63, 3.8) is 0 Å². The van der Waals surface area contributed by atoms with Gasteiger partial charge in [0.25, 0.3) is 0 Å². The molecule has 1 aromatic carbocycles. The number of fused-ring (bicyclic) bond motifs is 1. The number of nitrogens with zero attached hydrogens (tertiary/aromatic N) is 1. The molecule has 0 fully saturated rings. The normalized spacial score (nSPS) is 11.3. The summed E-state index contributed by atoms with van der Waals surface area (Å²) in [6.45, 7) is 0.219. The van der Waals surface area contributed by atoms with Crippen molar-refractivity contribution in [3.8, 4) is 0 Å². The summed E-state index contributed by atoms with van der Waals surface area (Å²) >= 11 is 0. The molecule has 16 heavy (non-hydrogen) atoms. The van der Waals surface area contributed by atoms with Gasteiger partial charge < -0.3 is 15.3 Å². The van der Waals surface area contributed by atoms with Crippen molar-refractivity contribution in [2.24, 2.45) is 5.73 Å². The Kier molecular flexibility index (Phi) is 2.70. The molecule has 0 saturated carbocycles. The van der Waals surface area contributed by atoms with Gasteiger partial charge in [-0.05, 0) is 12.1 Å². The van der Waals surface area contributed by atoms with Crippen LogP contribution in [-0.4, -0.2) is 16.1 Å². The lowest BCUT2D eigenvalue weighted by molar-refractivity contribution is -0.131. The summed E-state index contributed by atoms with van der Waals surface area (Å²) in [6.07, 6.45) is 2.54. The van der Waals surface area contributed by atoms with Gasteiger partial charge in [-0.2, -0.15) is 0 Å². The molecule has 0 aliphatic heterocycles. The van der Waals surface area contributed by atoms with E-state index in [-0.39, 0.29) is 6.54 Å². The molecule has 0 aliphatic carbocycles. The van der Waals surface area contributed by atoms with Gasteiger partial charge in [0.2, 0.25) is 5.89 Å². The Balaban J connectivity index is 2.52. The summed E-state index contributed by atoms with van der Waals surface area (Å²) in [7, 11) is 0. The minimum absolute atomic E-state index is 0.219. The minimum Gasteiger partial charge on any atom is -0.478 e. The predicted molar refractivity (Wildman–Crippen MR) is 58.6 cm³/mol. The Morgan fingerprint density at radius 3 is 3.06 bits per heavy atom. The fraction of sp³-hybridized carbons (Fsp3) is 0.0909. The molecule has 0 atom stereocenters. The van der Waals surface area contributed by atoms with Crippen molar-refractivity contribution >= 4 is 23.1 Å². The third kappa shape index (κ3) is 1.94. The van der Waals surface area contributed by atoms with E-state index >= 15 is 0 Å². The number of para-hydroxylation sites is 1. The highest BCUT2D eigenvalue weighted by Crippen LogP contribution is 2.20. The van der Waals surface area contributed by atoms with Crippen LogP contribution in [0.25, 0.3) is 17.2 Å². The van der Waals surface area contributed by atoms with Crippen molar-refractivity contribution in [2.45, 2.75) is 6.54 Å². The molecular weight excluding hydrogens is 208 g/mol. The first-order valence-corrected chi connectivity index (χ1v) is 4.70. The van der Waals surface area contributed by atoms with Crippen LogP contribution in [0.4, 0.5) is 0 Å². The van der Waals surface area contributed by atoms with E-state index in [9.17, 15) is 4.79 Å². The van der Waals surface area contributed by atoms with Crippen LogP contribution < -0.4 is 5.73 Å². The van der Waals surface area contributed by atoms with Crippen LogP contribution in [0.3, 0.4) is 0 Å². The van der Waals surface area contributed by atoms with E-state index in [2.05, 4.69) is 4.98 Å². The van der Waals surface area contributed by atoms with Crippen molar-refractivity contribution in [2.75, 3.05) is 0 Å². The number of carboxylic acids is 1. The van der Waals surface area contributed by atoms with Crippen LogP contribution in [0.1, 0.15) is 11.5 Å². The second-order valence-corrected chi connectivity index (χ2v) is 3.18. The Labute approximate surface area is 91.2 Å². The minimum atomic E-state index is -1.00. The number of benzene rings is 1. The van der Waals surface area contributed by atoms with E-state index in [0.717, 1.165) is 6.08 Å². The van der Waals surface area contributed by atoms with Gasteiger partial charge in [0.05, 0.1) is 6.54 Å². The van der Waals surface area contributed by atoms with E-state index in [1.807, 2.05) is 0 Å². The lowest BCUT2D eigenvalue weighted by Crippen LogP contribution is -1.95. The van der Waals surface area contributed by atoms with E-state index in [0.29, 0.717) is 22.6 Å². The zero-order valence-corrected chi connectivity index (χ0v) is 8.38. The molecule has 0 radical (unpaired) electrons. The molecule has 0 amide bonds. The third-order valence-electron chi connectivity index (χ3n) is 2.07. The lowest BCUT2D eigenvalue weighted by atomic mass is 10.2. The quantitative estimate of drug-likeness (QED) is 0.759. The maximum atomic E-state index is 10.4. The Morgan fingerprint density at radius 2 is 2.38 bits per heavy atom. The standard InChI is InChI=1S/C11H10N2O3/c12-6-9-13-11-7(4-5-10(14)15)2-1-3-8(11)16-9/h1-5H,6,12H2,(H,14,15)/b5-4+. The van der Waals surface area contributed by atoms with Gasteiger partial charge in [0, 0.05) is 11.6 Å². The maximum absolute atomic E-state index is 10.4. The van der Waals surface area contributed by atoms with Gasteiger partial charge in [-0.25, -0.2) is 9.78 Å².